The number of thioether (sulfide) groups is 1. The van der Waals surface area contributed by atoms with E-state index < -0.39 is 0 Å². The van der Waals surface area contributed by atoms with Crippen molar-refractivity contribution in [2.45, 2.75) is 4.90 Å². The van der Waals surface area contributed by atoms with Crippen LogP contribution in [0.2, 0.25) is 0 Å². The van der Waals surface area contributed by atoms with Crippen molar-refractivity contribution < 1.29 is 4.79 Å². The number of hydrogen-bond acceptors (Lipinski definition) is 2. The lowest BCUT2D eigenvalue weighted by atomic mass is 10.2. The van der Waals surface area contributed by atoms with Gasteiger partial charge in [0, 0.05) is 10.5 Å². The van der Waals surface area contributed by atoms with Crippen LogP contribution in [0, 0.1) is 0 Å². The van der Waals surface area contributed by atoms with Crippen molar-refractivity contribution in [3.63, 3.8) is 0 Å². The molecule has 0 aliphatic carbocycles. The van der Waals surface area contributed by atoms with Crippen LogP contribution < -0.4 is 0 Å². The molecule has 1 heterocycles. The van der Waals surface area contributed by atoms with E-state index in [0.29, 0.717) is 5.75 Å². The van der Waals surface area contributed by atoms with E-state index in [4.69, 9.17) is 0 Å². The number of fused-ring (bicyclic) bond motifs is 1. The molecule has 0 spiro atoms. The van der Waals surface area contributed by atoms with Crippen molar-refractivity contribution in [1.29, 1.82) is 0 Å². The Morgan fingerprint density at radius 1 is 1.30 bits per heavy atom. The maximum atomic E-state index is 11.0. The zero-order chi connectivity index (χ0) is 6.97. The molecular weight excluding hydrogens is 144 g/mol. The van der Waals surface area contributed by atoms with E-state index in [1.807, 2.05) is 24.3 Å². The minimum Gasteiger partial charge on any atom is -0.293 e. The fourth-order valence-electron chi connectivity index (χ4n) is 1.04. The van der Waals surface area contributed by atoms with Gasteiger partial charge in [-0.25, -0.2) is 0 Å². The van der Waals surface area contributed by atoms with Gasteiger partial charge in [0.25, 0.3) is 0 Å². The molecule has 1 aromatic carbocycles. The molecule has 0 unspecified atom stereocenters. The van der Waals surface area contributed by atoms with Crippen molar-refractivity contribution >= 4 is 17.5 Å². The largest absolute Gasteiger partial charge is 0.293 e. The molecule has 0 fully saturated rings. The summed E-state index contributed by atoms with van der Waals surface area (Å²) in [6, 6.07) is 7.75. The molecule has 0 radical (unpaired) electrons. The highest BCUT2D eigenvalue weighted by Crippen LogP contribution is 2.30. The van der Waals surface area contributed by atoms with Gasteiger partial charge in [-0.2, -0.15) is 0 Å². The molecule has 2 heteroatoms. The number of carbonyl (C=O) groups is 1. The summed E-state index contributed by atoms with van der Waals surface area (Å²) in [7, 11) is 0. The van der Waals surface area contributed by atoms with E-state index >= 15 is 0 Å². The first-order valence-corrected chi connectivity index (χ1v) is 4.11. The number of carbonyl (C=O) groups excluding carboxylic acids is 1. The Kier molecular flexibility index (Phi) is 1.27. The van der Waals surface area contributed by atoms with Crippen molar-refractivity contribution in [3.05, 3.63) is 29.8 Å². The van der Waals surface area contributed by atoms with E-state index in [0.717, 1.165) is 10.5 Å². The predicted molar refractivity (Wildman–Crippen MR) is 41.5 cm³/mol. The maximum Gasteiger partial charge on any atom is 0.174 e. The molecule has 2 rings (SSSR count). The van der Waals surface area contributed by atoms with E-state index in [9.17, 15) is 4.79 Å². The van der Waals surface area contributed by atoms with E-state index in [-0.39, 0.29) is 5.78 Å². The highest BCUT2D eigenvalue weighted by molar-refractivity contribution is 8.00. The number of hydrogen-bond donors (Lipinski definition) is 0. The molecule has 50 valence electrons. The summed E-state index contributed by atoms with van der Waals surface area (Å²) < 4.78 is 0. The summed E-state index contributed by atoms with van der Waals surface area (Å²) >= 11 is 1.63. The van der Waals surface area contributed by atoms with Crippen molar-refractivity contribution in [1.82, 2.24) is 0 Å². The monoisotopic (exact) mass is 150 g/mol. The van der Waals surface area contributed by atoms with Gasteiger partial charge in [0.2, 0.25) is 0 Å². The lowest BCUT2D eigenvalue weighted by Crippen LogP contribution is -1.93. The predicted octanol–water partition coefficient (Wildman–Crippen LogP) is 1.98. The molecule has 0 aromatic heterocycles. The Balaban J connectivity index is 2.61. The summed E-state index contributed by atoms with van der Waals surface area (Å²) in [5.41, 5.74) is 0.896. The second-order valence-corrected chi connectivity index (χ2v) is 3.23. The molecule has 1 nitrogen and oxygen atoms in total. The highest BCUT2D eigenvalue weighted by atomic mass is 32.2. The van der Waals surface area contributed by atoms with Crippen molar-refractivity contribution in [2.75, 3.05) is 5.75 Å². The van der Waals surface area contributed by atoms with Crippen LogP contribution in [0.25, 0.3) is 0 Å². The van der Waals surface area contributed by atoms with Crippen molar-refractivity contribution in [2.24, 2.45) is 0 Å². The molecule has 0 bridgehead atoms. The van der Waals surface area contributed by atoms with Crippen LogP contribution in [0.4, 0.5) is 0 Å². The van der Waals surface area contributed by atoms with Gasteiger partial charge in [-0.1, -0.05) is 18.2 Å². The standard InChI is InChI=1S/C8H6OS/c9-7-5-10-8-4-2-1-3-6(7)8/h1-4H,5H2. The van der Waals surface area contributed by atoms with Crippen LogP contribution in [-0.4, -0.2) is 11.5 Å². The first-order valence-electron chi connectivity index (χ1n) is 3.13. The molecule has 1 aliphatic rings. The first kappa shape index (κ1) is 5.98. The van der Waals surface area contributed by atoms with Crippen LogP contribution in [-0.2, 0) is 0 Å². The normalized spacial score (nSPS) is 15.4. The van der Waals surface area contributed by atoms with E-state index in [1.165, 1.54) is 0 Å². The average molecular weight is 150 g/mol. The fraction of sp³-hybridized carbons (Fsp3) is 0.125. The number of benzene rings is 1. The maximum absolute atomic E-state index is 11.0. The molecule has 0 atom stereocenters. The van der Waals surface area contributed by atoms with Gasteiger partial charge in [0.1, 0.15) is 0 Å². The Labute approximate surface area is 63.4 Å². The van der Waals surface area contributed by atoms with Crippen LogP contribution >= 0.6 is 11.8 Å². The van der Waals surface area contributed by atoms with Gasteiger partial charge in [-0.3, -0.25) is 4.79 Å². The van der Waals surface area contributed by atoms with Crippen LogP contribution in [0.5, 0.6) is 0 Å². The lowest BCUT2D eigenvalue weighted by Gasteiger charge is -1.90. The first-order chi connectivity index (χ1) is 4.88. The zero-order valence-electron chi connectivity index (χ0n) is 5.33. The van der Waals surface area contributed by atoms with Crippen LogP contribution in [0.3, 0.4) is 0 Å². The molecule has 1 aromatic rings. The van der Waals surface area contributed by atoms with E-state index in [1.54, 1.807) is 11.8 Å². The Morgan fingerprint density at radius 3 is 2.90 bits per heavy atom. The minimum absolute atomic E-state index is 0.264. The molecule has 1 aliphatic heterocycles. The summed E-state index contributed by atoms with van der Waals surface area (Å²) in [5.74, 6) is 0.889. The van der Waals surface area contributed by atoms with Gasteiger partial charge >= 0.3 is 0 Å². The summed E-state index contributed by atoms with van der Waals surface area (Å²) in [6.07, 6.45) is 0. The van der Waals surface area contributed by atoms with Gasteiger partial charge in [-0.05, 0) is 6.07 Å². The van der Waals surface area contributed by atoms with Gasteiger partial charge in [0.05, 0.1) is 5.75 Å². The minimum atomic E-state index is 0.264. The molecular formula is C8H6OS. The lowest BCUT2D eigenvalue weighted by molar-refractivity contribution is 0.102. The molecule has 0 N–H and O–H groups in total. The third-order valence-electron chi connectivity index (χ3n) is 1.55. The Morgan fingerprint density at radius 2 is 2.10 bits per heavy atom. The van der Waals surface area contributed by atoms with Crippen molar-refractivity contribution in [3.8, 4) is 0 Å². The van der Waals surface area contributed by atoms with Crippen LogP contribution in [0.1, 0.15) is 10.4 Å². The third kappa shape index (κ3) is 0.762. The summed E-state index contributed by atoms with van der Waals surface area (Å²) in [4.78, 5) is 12.2. The van der Waals surface area contributed by atoms with Gasteiger partial charge < -0.3 is 0 Å². The number of rotatable bonds is 0. The Bertz CT molecular complexity index is 280. The summed E-state index contributed by atoms with van der Waals surface area (Å²) in [5, 5.41) is 0. The summed E-state index contributed by atoms with van der Waals surface area (Å²) in [6.45, 7) is 0. The molecule has 0 saturated heterocycles. The molecule has 0 saturated carbocycles. The Hall–Kier alpha value is -0.760. The van der Waals surface area contributed by atoms with E-state index in [2.05, 4.69) is 0 Å². The SMILES string of the molecule is O=C1CSc2ccccc21. The van der Waals surface area contributed by atoms with Gasteiger partial charge in [0.15, 0.2) is 5.78 Å². The number of Topliss-reactive ketones (excluding diaryl/α,β-unsaturated/α-hetero) is 1. The quantitative estimate of drug-likeness (QED) is 0.562. The highest BCUT2D eigenvalue weighted by Gasteiger charge is 2.18. The average Bonchev–Trinajstić information content (AvgIpc) is 2.34. The third-order valence-corrected chi connectivity index (χ3v) is 2.62. The number of ketones is 1. The topological polar surface area (TPSA) is 17.1 Å². The molecule has 10 heavy (non-hydrogen) atoms. The van der Waals surface area contributed by atoms with Gasteiger partial charge in [-0.15, -0.1) is 11.8 Å². The smallest absolute Gasteiger partial charge is 0.174 e. The molecule has 0 amide bonds. The fourth-order valence-corrected chi connectivity index (χ4v) is 2.00. The zero-order valence-corrected chi connectivity index (χ0v) is 6.15. The second-order valence-electron chi connectivity index (χ2n) is 2.21. The van der Waals surface area contributed by atoms with Crippen LogP contribution in [0.15, 0.2) is 29.2 Å². The second kappa shape index (κ2) is 2.13.